The second-order valence-electron chi connectivity index (χ2n) is 9.52. The summed E-state index contributed by atoms with van der Waals surface area (Å²) in [6, 6.07) is -2.07. The Morgan fingerprint density at radius 2 is 1.69 bits per heavy atom. The van der Waals surface area contributed by atoms with E-state index in [4.69, 9.17) is 0 Å². The third kappa shape index (κ3) is 8.41. The lowest BCUT2D eigenvalue weighted by atomic mass is 10.0. The first-order valence-corrected chi connectivity index (χ1v) is 13.7. The van der Waals surface area contributed by atoms with E-state index >= 15 is 0 Å². The lowest BCUT2D eigenvalue weighted by Gasteiger charge is -2.29. The summed E-state index contributed by atoms with van der Waals surface area (Å²) in [6.45, 7) is 1.56. The van der Waals surface area contributed by atoms with Gasteiger partial charge in [-0.15, -0.1) is 0 Å². The van der Waals surface area contributed by atoms with Crippen molar-refractivity contribution >= 4 is 21.7 Å². The van der Waals surface area contributed by atoms with E-state index in [0.29, 0.717) is 12.8 Å². The van der Waals surface area contributed by atoms with Crippen LogP contribution < -0.4 is 16.0 Å². The predicted molar refractivity (Wildman–Crippen MR) is 123 cm³/mol. The molecule has 0 heterocycles. The van der Waals surface area contributed by atoms with Crippen molar-refractivity contribution in [1.82, 2.24) is 16.0 Å². The van der Waals surface area contributed by atoms with Gasteiger partial charge in [0.2, 0.25) is 5.91 Å². The first-order chi connectivity index (χ1) is 16.8. The van der Waals surface area contributed by atoms with Gasteiger partial charge in [0.1, 0.15) is 17.9 Å². The molecule has 0 unspecified atom stereocenters. The summed E-state index contributed by atoms with van der Waals surface area (Å²) >= 11 is 0. The summed E-state index contributed by atoms with van der Waals surface area (Å²) in [4.78, 5) is 25.3. The van der Waals surface area contributed by atoms with Crippen molar-refractivity contribution in [3.8, 4) is 0 Å². The minimum atomic E-state index is -4.94. The summed E-state index contributed by atoms with van der Waals surface area (Å²) in [5.74, 6) is -3.85. The zero-order valence-electron chi connectivity index (χ0n) is 19.7. The van der Waals surface area contributed by atoms with Crippen LogP contribution in [0.15, 0.2) is 24.3 Å². The molecule has 2 saturated carbocycles. The molecule has 1 aromatic carbocycles. The third-order valence-electron chi connectivity index (χ3n) is 6.16. The van der Waals surface area contributed by atoms with Crippen LogP contribution in [0, 0.1) is 11.7 Å². The quantitative estimate of drug-likeness (QED) is 0.284. The molecule has 0 saturated heterocycles. The first kappa shape index (κ1) is 28.3. The normalized spacial score (nSPS) is 19.7. The minimum Gasteiger partial charge on any atom is -0.381 e. The van der Waals surface area contributed by atoms with Gasteiger partial charge in [0.15, 0.2) is 15.9 Å². The van der Waals surface area contributed by atoms with E-state index in [2.05, 4.69) is 16.0 Å². The number of hydrogen-bond donors (Lipinski definition) is 4. The van der Waals surface area contributed by atoms with E-state index < -0.39 is 69.2 Å². The molecule has 1 aromatic rings. The average molecular weight is 538 g/mol. The van der Waals surface area contributed by atoms with E-state index in [1.807, 2.05) is 0 Å². The van der Waals surface area contributed by atoms with Crippen LogP contribution in [0.25, 0.3) is 0 Å². The molecule has 0 bridgehead atoms. The molecule has 4 N–H and O–H groups in total. The Morgan fingerprint density at radius 1 is 1.08 bits per heavy atom. The summed E-state index contributed by atoms with van der Waals surface area (Å²) < 4.78 is 80.5. The van der Waals surface area contributed by atoms with Crippen molar-refractivity contribution in [1.29, 1.82) is 0 Å². The number of hydrogen-bond acceptors (Lipinski definition) is 6. The lowest BCUT2D eigenvalue weighted by Crippen LogP contribution is -2.57. The molecule has 0 aliphatic heterocycles. The van der Waals surface area contributed by atoms with Crippen LogP contribution in [0.4, 0.5) is 17.6 Å². The average Bonchev–Trinajstić information content (AvgIpc) is 3.72. The Kier molecular flexibility index (Phi) is 8.99. The number of alkyl halides is 3. The molecule has 2 fully saturated rings. The van der Waals surface area contributed by atoms with Gasteiger partial charge < -0.3 is 15.7 Å². The van der Waals surface area contributed by atoms with Crippen molar-refractivity contribution in [2.75, 3.05) is 11.5 Å². The topological polar surface area (TPSA) is 125 Å². The Hall–Kier alpha value is -2.25. The van der Waals surface area contributed by atoms with Crippen molar-refractivity contribution in [3.63, 3.8) is 0 Å². The van der Waals surface area contributed by atoms with Crippen LogP contribution in [0.3, 0.4) is 0 Å². The molecule has 0 radical (unpaired) electrons. The summed E-state index contributed by atoms with van der Waals surface area (Å²) in [7, 11) is -3.92. The van der Waals surface area contributed by atoms with Gasteiger partial charge in [-0.05, 0) is 55.7 Å². The number of carbonyl (C=O) groups is 2. The first-order valence-electron chi connectivity index (χ1n) is 11.9. The SMILES string of the molecule is CC[C@H](NC(=O)[C@H](CS(=O)(=O)CC1CC1)N[C@@H](c1ccc(F)cc1)C(F)(F)F)[C@@H](O)C(=O)NC1CC1. The van der Waals surface area contributed by atoms with Gasteiger partial charge in [0.05, 0.1) is 17.5 Å². The fourth-order valence-corrected chi connectivity index (χ4v) is 5.73. The number of halogens is 4. The molecule has 2 amide bonds. The number of benzene rings is 1. The van der Waals surface area contributed by atoms with Crippen LogP contribution in [0.5, 0.6) is 0 Å². The summed E-state index contributed by atoms with van der Waals surface area (Å²) in [5, 5.41) is 17.4. The van der Waals surface area contributed by atoms with Crippen molar-refractivity contribution in [3.05, 3.63) is 35.6 Å². The molecule has 2 aliphatic rings. The van der Waals surface area contributed by atoms with Crippen LogP contribution in [-0.2, 0) is 19.4 Å². The fraction of sp³-hybridized carbons (Fsp3) is 0.652. The van der Waals surface area contributed by atoms with Gasteiger partial charge in [0, 0.05) is 6.04 Å². The number of sulfone groups is 1. The molecule has 202 valence electrons. The maximum atomic E-state index is 13.9. The zero-order chi connectivity index (χ0) is 26.7. The second-order valence-corrected chi connectivity index (χ2v) is 11.7. The number of carbonyl (C=O) groups excluding carboxylic acids is 2. The molecule has 0 spiro atoms. The van der Waals surface area contributed by atoms with Crippen molar-refractivity contribution in [2.24, 2.45) is 5.92 Å². The molecule has 3 rings (SSSR count). The molecular formula is C23H31F4N3O5S. The van der Waals surface area contributed by atoms with E-state index in [0.717, 1.165) is 37.1 Å². The van der Waals surface area contributed by atoms with E-state index in [-0.39, 0.29) is 24.1 Å². The number of amides is 2. The Bertz CT molecular complexity index is 1030. The van der Waals surface area contributed by atoms with Gasteiger partial charge in [-0.2, -0.15) is 13.2 Å². The predicted octanol–water partition coefficient (Wildman–Crippen LogP) is 1.75. The number of aliphatic hydroxyl groups excluding tert-OH is 1. The van der Waals surface area contributed by atoms with E-state index in [1.165, 1.54) is 0 Å². The largest absolute Gasteiger partial charge is 0.407 e. The van der Waals surface area contributed by atoms with Gasteiger partial charge in [-0.25, -0.2) is 12.8 Å². The number of nitrogens with one attached hydrogen (secondary N) is 3. The third-order valence-corrected chi connectivity index (χ3v) is 7.98. The Labute approximate surface area is 207 Å². The van der Waals surface area contributed by atoms with E-state index in [1.54, 1.807) is 6.92 Å². The van der Waals surface area contributed by atoms with Crippen LogP contribution in [-0.4, -0.2) is 67.3 Å². The standard InChI is InChI=1S/C23H31F4N3O5S/c1-2-17(19(31)22(33)28-16-9-10-16)30-21(32)18(12-36(34,35)11-13-3-4-13)29-20(23(25,26)27)14-5-7-15(24)8-6-14/h5-8,13,16-20,29,31H,2-4,9-12H2,1H3,(H,28,33)(H,30,32)/t17-,18-,19+,20-/m0/s1. The second kappa shape index (κ2) is 11.4. The van der Waals surface area contributed by atoms with Crippen LogP contribution >= 0.6 is 0 Å². The van der Waals surface area contributed by atoms with Crippen molar-refractivity contribution < 1.29 is 40.7 Å². The number of rotatable bonds is 13. The van der Waals surface area contributed by atoms with Crippen LogP contribution in [0.2, 0.25) is 0 Å². The Morgan fingerprint density at radius 3 is 2.19 bits per heavy atom. The molecule has 13 heteroatoms. The summed E-state index contributed by atoms with van der Waals surface area (Å²) in [5.41, 5.74) is -0.405. The number of aliphatic hydroxyl groups is 1. The van der Waals surface area contributed by atoms with Crippen molar-refractivity contribution in [2.45, 2.75) is 75.5 Å². The monoisotopic (exact) mass is 537 g/mol. The molecule has 0 aromatic heterocycles. The molecule has 4 atom stereocenters. The molecular weight excluding hydrogens is 506 g/mol. The fourth-order valence-electron chi connectivity index (χ4n) is 3.79. The zero-order valence-corrected chi connectivity index (χ0v) is 20.5. The maximum absolute atomic E-state index is 13.9. The highest BCUT2D eigenvalue weighted by Gasteiger charge is 2.44. The van der Waals surface area contributed by atoms with Crippen LogP contribution in [0.1, 0.15) is 50.6 Å². The van der Waals surface area contributed by atoms with Gasteiger partial charge in [-0.3, -0.25) is 14.9 Å². The molecule has 8 nitrogen and oxygen atoms in total. The minimum absolute atomic E-state index is 0.0627. The highest BCUT2D eigenvalue weighted by molar-refractivity contribution is 7.91. The maximum Gasteiger partial charge on any atom is 0.407 e. The lowest BCUT2D eigenvalue weighted by molar-refractivity contribution is -0.160. The smallest absolute Gasteiger partial charge is 0.381 e. The molecule has 2 aliphatic carbocycles. The Balaban J connectivity index is 1.82. The van der Waals surface area contributed by atoms with E-state index in [9.17, 15) is 40.7 Å². The highest BCUT2D eigenvalue weighted by atomic mass is 32.2. The van der Waals surface area contributed by atoms with Gasteiger partial charge in [0.25, 0.3) is 5.91 Å². The van der Waals surface area contributed by atoms with Gasteiger partial charge >= 0.3 is 6.18 Å². The van der Waals surface area contributed by atoms with Gasteiger partial charge in [-0.1, -0.05) is 19.1 Å². The molecule has 36 heavy (non-hydrogen) atoms. The summed E-state index contributed by atoms with van der Waals surface area (Å²) in [6.07, 6.45) is -3.66. The highest BCUT2D eigenvalue weighted by Crippen LogP contribution is 2.34.